The van der Waals surface area contributed by atoms with Gasteiger partial charge in [0.1, 0.15) is 17.2 Å². The number of hydrogen-bond acceptors (Lipinski definition) is 9. The maximum Gasteiger partial charge on any atom is 0.244 e. The number of carbonyl (C=O) groups is 6. The minimum Gasteiger partial charge on any atom is -0.494 e. The second kappa shape index (κ2) is 49.7. The molecule has 15 nitrogen and oxygen atoms in total. The van der Waals surface area contributed by atoms with Crippen molar-refractivity contribution < 1.29 is 43.0 Å². The van der Waals surface area contributed by atoms with Crippen LogP contribution >= 0.6 is 0 Å². The van der Waals surface area contributed by atoms with E-state index in [1.807, 2.05) is 153 Å². The van der Waals surface area contributed by atoms with E-state index < -0.39 is 0 Å². The molecule has 0 saturated heterocycles. The molecule has 0 aliphatic heterocycles. The van der Waals surface area contributed by atoms with Gasteiger partial charge in [-0.3, -0.25) is 28.8 Å². The molecule has 3 fully saturated rings. The number of amides is 6. The Hall–Kier alpha value is -6.90. The average molecular weight is 1410 g/mol. The molecule has 6 amide bonds. The molecular weight excluding hydrogens is 1270 g/mol. The molecule has 0 unspecified atom stereocenters. The predicted octanol–water partition coefficient (Wildman–Crippen LogP) is 19.3. The third-order valence-electron chi connectivity index (χ3n) is 20.9. The molecule has 0 aromatic heterocycles. The van der Waals surface area contributed by atoms with Crippen molar-refractivity contribution >= 4 is 53.7 Å². The monoisotopic (exact) mass is 1410 g/mol. The summed E-state index contributed by atoms with van der Waals surface area (Å²) in [7, 11) is 0. The summed E-state index contributed by atoms with van der Waals surface area (Å²) in [6, 6.07) is 24.7. The van der Waals surface area contributed by atoms with Crippen LogP contribution in [0.1, 0.15) is 312 Å². The Labute approximate surface area is 617 Å². The van der Waals surface area contributed by atoms with Crippen LogP contribution in [0.5, 0.6) is 17.2 Å². The van der Waals surface area contributed by atoms with E-state index in [9.17, 15) is 28.8 Å². The second-order valence-corrected chi connectivity index (χ2v) is 30.9. The summed E-state index contributed by atoms with van der Waals surface area (Å²) in [6.07, 6.45) is 46.5. The first-order valence-corrected chi connectivity index (χ1v) is 40.1. The summed E-state index contributed by atoms with van der Waals surface area (Å²) in [5.74, 6) is 2.80. The van der Waals surface area contributed by atoms with E-state index in [0.29, 0.717) is 0 Å². The quantitative estimate of drug-likeness (QED) is 0.0236. The molecule has 102 heavy (non-hydrogen) atoms. The standard InChI is InChI=1S/C33H54N2O3.C29H46N2O3.C25H38N2O3/c1-5-7-8-9-10-11-12-13-14-15-26-38-30-23-16-27(17-24-30)18-25-31(36)34-28-19-21-29(22-20-28)35-32(37)33(3,4)6-2;1-5-7-8-9-10-11-22-34-26-19-12-23(13-20-26)14-21-27(32)30-24-15-17-25(18-16-24)31-28(33)29(3,4)6-2;1-5-7-18-30-22-15-8-19(9-16-22)10-17-23(28)26-20-11-13-21(14-12-20)27-24(29)25(3,4)6-2/h16-18,23-25,28-29H,5-15,19-22,26H2,1-4H3,(H,34,36)(H,35,37);12-14,19-21,24-25H,5-11,15-18,22H2,1-4H3,(H,30,32)(H,31,33);8-10,15-17,20-21H,5-7,11-14,18H2,1-4H3,(H,26,28)(H,27,29)/b25-18+;21-14+;17-10+. The van der Waals surface area contributed by atoms with Gasteiger partial charge < -0.3 is 46.1 Å². The first kappa shape index (κ1) is 87.5. The summed E-state index contributed by atoms with van der Waals surface area (Å²) in [4.78, 5) is 74.2. The molecule has 6 N–H and O–H groups in total. The van der Waals surface area contributed by atoms with Gasteiger partial charge in [0.25, 0.3) is 0 Å². The van der Waals surface area contributed by atoms with Crippen molar-refractivity contribution in [1.29, 1.82) is 0 Å². The molecule has 0 spiro atoms. The van der Waals surface area contributed by atoms with Crippen molar-refractivity contribution in [3.63, 3.8) is 0 Å². The van der Waals surface area contributed by atoms with Gasteiger partial charge in [-0.15, -0.1) is 0 Å². The summed E-state index contributed by atoms with van der Waals surface area (Å²) in [5, 5.41) is 18.9. The maximum absolute atomic E-state index is 12.4. The van der Waals surface area contributed by atoms with Crippen LogP contribution in [-0.4, -0.2) is 91.5 Å². The van der Waals surface area contributed by atoms with E-state index in [1.54, 1.807) is 18.2 Å². The third kappa shape index (κ3) is 37.0. The lowest BCUT2D eigenvalue weighted by atomic mass is 9.86. The molecule has 15 heteroatoms. The number of benzene rings is 3. The molecule has 0 heterocycles. The largest absolute Gasteiger partial charge is 0.494 e. The van der Waals surface area contributed by atoms with Crippen molar-refractivity contribution in [3.8, 4) is 17.2 Å². The van der Waals surface area contributed by atoms with Crippen LogP contribution in [0.15, 0.2) is 91.0 Å². The van der Waals surface area contributed by atoms with Crippen molar-refractivity contribution in [3.05, 3.63) is 108 Å². The fraction of sp³-hybridized carbons (Fsp3) is 0.655. The number of carbonyl (C=O) groups excluding carboxylic acids is 6. The number of nitrogens with one attached hydrogen (secondary N) is 6. The summed E-state index contributed by atoms with van der Waals surface area (Å²) >= 11 is 0. The van der Waals surface area contributed by atoms with Gasteiger partial charge in [-0.25, -0.2) is 0 Å². The highest BCUT2D eigenvalue weighted by atomic mass is 16.5. The molecule has 3 aromatic carbocycles. The summed E-state index contributed by atoms with van der Waals surface area (Å²) < 4.78 is 17.4. The van der Waals surface area contributed by atoms with E-state index in [-0.39, 0.29) is 87.9 Å². The van der Waals surface area contributed by atoms with Crippen LogP contribution in [0.4, 0.5) is 0 Å². The highest BCUT2D eigenvalue weighted by Gasteiger charge is 2.33. The second-order valence-electron chi connectivity index (χ2n) is 30.9. The molecule has 3 saturated carbocycles. The Bertz CT molecular complexity index is 2910. The number of rotatable bonds is 42. The molecule has 0 radical (unpaired) electrons. The minimum absolute atomic E-state index is 0.0640. The maximum atomic E-state index is 12.4. The van der Waals surface area contributed by atoms with E-state index in [0.717, 1.165) is 176 Å². The van der Waals surface area contributed by atoms with E-state index >= 15 is 0 Å². The molecule has 0 bridgehead atoms. The van der Waals surface area contributed by atoms with Crippen molar-refractivity contribution in [1.82, 2.24) is 31.9 Å². The zero-order valence-corrected chi connectivity index (χ0v) is 65.5. The Morgan fingerprint density at radius 1 is 0.304 bits per heavy atom. The van der Waals surface area contributed by atoms with Crippen molar-refractivity contribution in [2.24, 2.45) is 16.2 Å². The van der Waals surface area contributed by atoms with Gasteiger partial charge in [0.05, 0.1) is 19.8 Å². The summed E-state index contributed by atoms with van der Waals surface area (Å²) in [5.41, 5.74) is 1.96. The van der Waals surface area contributed by atoms with Crippen LogP contribution in [0.3, 0.4) is 0 Å². The van der Waals surface area contributed by atoms with Crippen LogP contribution < -0.4 is 46.1 Å². The number of hydrogen-bond donors (Lipinski definition) is 6. The molecular formula is C87H138N6O9. The lowest BCUT2D eigenvalue weighted by Crippen LogP contribution is -2.46. The van der Waals surface area contributed by atoms with Gasteiger partial charge in [-0.2, -0.15) is 0 Å². The first-order valence-electron chi connectivity index (χ1n) is 40.1. The molecule has 3 aromatic rings. The zero-order valence-electron chi connectivity index (χ0n) is 65.5. The van der Waals surface area contributed by atoms with Gasteiger partial charge in [-0.1, -0.05) is 216 Å². The van der Waals surface area contributed by atoms with Gasteiger partial charge >= 0.3 is 0 Å². The SMILES string of the molecule is CCCCCCCCCCCCOc1ccc(/C=C/C(=O)NC2CCC(NC(=O)C(C)(C)CC)CC2)cc1.CCCCCCCCOc1ccc(/C=C/C(=O)NC2CCC(NC(=O)C(C)(C)CC)CC2)cc1.CCCCOc1ccc(/C=C/C(=O)NC2CCC(NC(=O)C(C)(C)CC)CC2)cc1. The third-order valence-corrected chi connectivity index (χ3v) is 20.9. The fourth-order valence-corrected chi connectivity index (χ4v) is 12.2. The Morgan fingerprint density at radius 2 is 0.510 bits per heavy atom. The highest BCUT2D eigenvalue weighted by Crippen LogP contribution is 2.28. The van der Waals surface area contributed by atoms with Crippen LogP contribution in [-0.2, 0) is 28.8 Å². The molecule has 0 atom stereocenters. The van der Waals surface area contributed by atoms with Crippen LogP contribution in [0.25, 0.3) is 18.2 Å². The van der Waals surface area contributed by atoms with Crippen molar-refractivity contribution in [2.45, 2.75) is 331 Å². The summed E-state index contributed by atoms with van der Waals surface area (Å²) in [6.45, 7) is 26.9. The topological polar surface area (TPSA) is 202 Å². The van der Waals surface area contributed by atoms with E-state index in [4.69, 9.17) is 14.2 Å². The highest BCUT2D eigenvalue weighted by molar-refractivity contribution is 5.93. The fourth-order valence-electron chi connectivity index (χ4n) is 12.2. The lowest BCUT2D eigenvalue weighted by molar-refractivity contribution is -0.131. The van der Waals surface area contributed by atoms with Gasteiger partial charge in [0, 0.05) is 70.7 Å². The molecule has 3 aliphatic carbocycles. The predicted molar refractivity (Wildman–Crippen MR) is 422 cm³/mol. The number of ether oxygens (including phenoxy) is 3. The lowest BCUT2D eigenvalue weighted by Gasteiger charge is -2.32. The zero-order chi connectivity index (χ0) is 74.4. The average Bonchev–Trinajstić information content (AvgIpc) is 0.873. The van der Waals surface area contributed by atoms with Gasteiger partial charge in [-0.05, 0) is 187 Å². The molecule has 3 aliphatic rings. The van der Waals surface area contributed by atoms with E-state index in [1.165, 1.54) is 89.9 Å². The first-order chi connectivity index (χ1) is 49.0. The van der Waals surface area contributed by atoms with Crippen molar-refractivity contribution in [2.75, 3.05) is 19.8 Å². The minimum atomic E-state index is -0.327. The van der Waals surface area contributed by atoms with Crippen LogP contribution in [0, 0.1) is 16.2 Å². The molecule has 6 rings (SSSR count). The van der Waals surface area contributed by atoms with Crippen LogP contribution in [0.2, 0.25) is 0 Å². The molecule has 570 valence electrons. The smallest absolute Gasteiger partial charge is 0.244 e. The number of unbranched alkanes of at least 4 members (excludes halogenated alkanes) is 15. The normalized spacial score (nSPS) is 18.6. The Morgan fingerprint density at radius 3 is 0.735 bits per heavy atom. The van der Waals surface area contributed by atoms with Gasteiger partial charge in [0.15, 0.2) is 0 Å². The van der Waals surface area contributed by atoms with Gasteiger partial charge in [0.2, 0.25) is 35.4 Å². The Kier molecular flexibility index (Phi) is 42.6. The Balaban J connectivity index is 0.000000326. The van der Waals surface area contributed by atoms with E-state index in [2.05, 4.69) is 52.7 Å².